The zero-order valence-corrected chi connectivity index (χ0v) is 31.2. The third-order valence-electron chi connectivity index (χ3n) is 10.6. The molecule has 10 heteroatoms. The van der Waals surface area contributed by atoms with Crippen molar-refractivity contribution in [1.82, 2.24) is 14.7 Å². The van der Waals surface area contributed by atoms with Crippen LogP contribution >= 0.6 is 0 Å². The van der Waals surface area contributed by atoms with E-state index in [0.717, 1.165) is 97.8 Å². The van der Waals surface area contributed by atoms with Gasteiger partial charge in [0.2, 0.25) is 5.91 Å². The summed E-state index contributed by atoms with van der Waals surface area (Å²) >= 11 is 0. The molecule has 1 saturated heterocycles. The quantitative estimate of drug-likeness (QED) is 0.0763. The normalized spacial score (nSPS) is 18.1. The summed E-state index contributed by atoms with van der Waals surface area (Å²) in [5.74, 6) is 1.75. The third kappa shape index (κ3) is 8.51. The van der Waals surface area contributed by atoms with Crippen LogP contribution in [0.5, 0.6) is 5.75 Å². The first-order valence-corrected chi connectivity index (χ1v) is 18.9. The van der Waals surface area contributed by atoms with Crippen molar-refractivity contribution < 1.29 is 14.3 Å². The molecule has 0 aromatic heterocycles. The van der Waals surface area contributed by atoms with Crippen LogP contribution in [0.15, 0.2) is 77.1 Å². The van der Waals surface area contributed by atoms with E-state index in [2.05, 4.69) is 96.9 Å². The number of carbonyl (C=O) groups excluding carboxylic acids is 2. The fourth-order valence-electron chi connectivity index (χ4n) is 7.67. The minimum Gasteiger partial charge on any atom is -0.456 e. The average Bonchev–Trinajstić information content (AvgIpc) is 3.15. The Morgan fingerprint density at radius 1 is 0.882 bits per heavy atom. The molecule has 1 fully saturated rings. The van der Waals surface area contributed by atoms with E-state index in [1.165, 1.54) is 0 Å². The molecule has 1 unspecified atom stereocenters. The summed E-state index contributed by atoms with van der Waals surface area (Å²) in [6.07, 6.45) is 12.0. The largest absolute Gasteiger partial charge is 0.456 e. The molecule has 0 N–H and O–H groups in total. The number of hydrogen-bond donors (Lipinski definition) is 0. The van der Waals surface area contributed by atoms with E-state index >= 15 is 0 Å². The minimum atomic E-state index is -0.304. The molecule has 5 rings (SSSR count). The van der Waals surface area contributed by atoms with Crippen molar-refractivity contribution in [3.05, 3.63) is 99.2 Å². The van der Waals surface area contributed by atoms with Crippen LogP contribution in [-0.4, -0.2) is 91.0 Å². The molecule has 0 bridgehead atoms. The summed E-state index contributed by atoms with van der Waals surface area (Å²) in [6, 6.07) is 14.4. The highest BCUT2D eigenvalue weighted by molar-refractivity contribution is 6.03. The monoisotopic (exact) mass is 693 g/mol. The van der Waals surface area contributed by atoms with Gasteiger partial charge in [0.05, 0.1) is 5.54 Å². The van der Waals surface area contributed by atoms with E-state index in [1.54, 1.807) is 0 Å². The number of unbranched alkanes of at least 4 members (excludes halogenated alkanes) is 4. The Hall–Kier alpha value is -4.53. The minimum absolute atomic E-state index is 0.0161. The fourth-order valence-corrected chi connectivity index (χ4v) is 7.67. The van der Waals surface area contributed by atoms with Crippen LogP contribution in [0, 0.1) is 0 Å². The van der Waals surface area contributed by atoms with Crippen molar-refractivity contribution in [2.45, 2.75) is 78.7 Å². The van der Waals surface area contributed by atoms with Gasteiger partial charge in [0, 0.05) is 91.2 Å². The van der Waals surface area contributed by atoms with Gasteiger partial charge in [0.25, 0.3) is 5.91 Å². The lowest BCUT2D eigenvalue weighted by Crippen LogP contribution is -2.50. The average molecular weight is 694 g/mol. The molecule has 2 amide bonds. The Morgan fingerprint density at radius 3 is 2.27 bits per heavy atom. The number of amides is 2. The van der Waals surface area contributed by atoms with Gasteiger partial charge in [-0.3, -0.25) is 14.5 Å². The molecule has 10 nitrogen and oxygen atoms in total. The number of ether oxygens (including phenoxy) is 1. The second-order valence-corrected chi connectivity index (χ2v) is 13.7. The van der Waals surface area contributed by atoms with Gasteiger partial charge in [-0.05, 0) is 82.1 Å². The number of hydrogen-bond acceptors (Lipinski definition) is 6. The molecule has 2 aromatic rings. The highest BCUT2D eigenvalue weighted by atomic mass is 16.5. The molecule has 2 aliphatic heterocycles. The van der Waals surface area contributed by atoms with E-state index < -0.39 is 0 Å². The molecule has 272 valence electrons. The van der Waals surface area contributed by atoms with Crippen molar-refractivity contribution in [2.75, 3.05) is 63.8 Å². The zero-order valence-electron chi connectivity index (χ0n) is 31.2. The first-order chi connectivity index (χ1) is 24.8. The van der Waals surface area contributed by atoms with Crippen molar-refractivity contribution in [3.63, 3.8) is 0 Å². The van der Waals surface area contributed by atoms with E-state index in [1.807, 2.05) is 28.0 Å². The molecule has 0 radical (unpaired) electrons. The number of nitrogens with zero attached hydrogens (tertiary/aromatic N) is 7. The molecule has 51 heavy (non-hydrogen) atoms. The Balaban J connectivity index is 1.38. The second kappa shape index (κ2) is 17.6. The maximum atomic E-state index is 14.3. The molecule has 1 aliphatic carbocycles. The number of piperazine rings is 1. The number of benzene rings is 2. The predicted octanol–water partition coefficient (Wildman–Crippen LogP) is 8.22. The first kappa shape index (κ1) is 37.7. The van der Waals surface area contributed by atoms with Gasteiger partial charge < -0.3 is 19.4 Å². The lowest BCUT2D eigenvalue weighted by atomic mass is 9.82. The summed E-state index contributed by atoms with van der Waals surface area (Å²) in [5, 5.41) is 3.58. The zero-order chi connectivity index (χ0) is 36.4. The Bertz CT molecular complexity index is 1690. The molecule has 3 aliphatic rings. The Morgan fingerprint density at radius 2 is 1.57 bits per heavy atom. The number of fused-ring (bicyclic) bond motifs is 2. The molecule has 1 atom stereocenters. The maximum absolute atomic E-state index is 14.3. The van der Waals surface area contributed by atoms with Crippen LogP contribution in [0.4, 0.5) is 5.69 Å². The summed E-state index contributed by atoms with van der Waals surface area (Å²) in [4.78, 5) is 38.6. The molecular weight excluding hydrogens is 638 g/mol. The number of azide groups is 1. The predicted molar refractivity (Wildman–Crippen MR) is 206 cm³/mol. The first-order valence-electron chi connectivity index (χ1n) is 18.9. The topological polar surface area (TPSA) is 105 Å². The van der Waals surface area contributed by atoms with Gasteiger partial charge in [-0.25, -0.2) is 0 Å². The van der Waals surface area contributed by atoms with Crippen LogP contribution < -0.4 is 9.64 Å². The van der Waals surface area contributed by atoms with Gasteiger partial charge in [-0.15, -0.1) is 0 Å². The Kier molecular flexibility index (Phi) is 13.0. The summed E-state index contributed by atoms with van der Waals surface area (Å²) in [7, 11) is 0. The van der Waals surface area contributed by atoms with E-state index in [-0.39, 0.29) is 17.4 Å². The van der Waals surface area contributed by atoms with Crippen molar-refractivity contribution in [1.29, 1.82) is 0 Å². The van der Waals surface area contributed by atoms with Gasteiger partial charge in [-0.1, -0.05) is 68.6 Å². The molecular formula is C41H55N7O3. The standard InChI is InChI=1S/C41H55N7O3/c1-6-45(7-2)31-20-21-34-36(29-31)51-37-30-41(5,48(8-3)9-4)23-22-35(37)39(34)32-17-14-15-18-33(32)40(50)47-27-25-46(26-28-47)38(49)19-13-11-10-12-16-24-43-44-42/h14-15,17-18,20-23,29-30H,6-13,16,19,24-28H2,1-5H3. The molecule has 0 spiro atoms. The second-order valence-electron chi connectivity index (χ2n) is 13.7. The Labute approximate surface area is 304 Å². The van der Waals surface area contributed by atoms with Crippen molar-refractivity contribution >= 4 is 23.1 Å². The fraction of sp³-hybridized carbons (Fsp3) is 0.512. The highest BCUT2D eigenvalue weighted by Gasteiger charge is 2.36. The van der Waals surface area contributed by atoms with E-state index in [0.29, 0.717) is 44.7 Å². The van der Waals surface area contributed by atoms with E-state index in [9.17, 15) is 9.59 Å². The van der Waals surface area contributed by atoms with Crippen LogP contribution in [0.1, 0.15) is 94.6 Å². The SMILES string of the molecule is CCN(CC)c1ccc2c(c1)OC1=CC(C)(N(CC)CC)C=CC1=C2c1ccccc1C(=O)N1CCN(C(=O)CCCCCCCN=[N+]=[N-])CC1. The molecule has 2 aromatic carbocycles. The number of carbonyl (C=O) groups is 2. The van der Waals surface area contributed by atoms with Crippen molar-refractivity contribution in [3.8, 4) is 5.75 Å². The van der Waals surface area contributed by atoms with Gasteiger partial charge in [0.15, 0.2) is 0 Å². The van der Waals surface area contributed by atoms with Crippen molar-refractivity contribution in [2.24, 2.45) is 5.11 Å². The highest BCUT2D eigenvalue weighted by Crippen LogP contribution is 2.46. The van der Waals surface area contributed by atoms with Crippen LogP contribution in [0.25, 0.3) is 16.0 Å². The van der Waals surface area contributed by atoms with Crippen LogP contribution in [0.3, 0.4) is 0 Å². The molecule has 2 heterocycles. The third-order valence-corrected chi connectivity index (χ3v) is 10.6. The number of likely N-dealkylation sites (N-methyl/N-ethyl adjacent to an activating group) is 1. The summed E-state index contributed by atoms with van der Waals surface area (Å²) in [5.41, 5.74) is 13.7. The number of rotatable bonds is 16. The van der Waals surface area contributed by atoms with E-state index in [4.69, 9.17) is 10.3 Å². The lowest BCUT2D eigenvalue weighted by molar-refractivity contribution is -0.132. The summed E-state index contributed by atoms with van der Waals surface area (Å²) < 4.78 is 6.76. The van der Waals surface area contributed by atoms with Gasteiger partial charge in [0.1, 0.15) is 11.5 Å². The lowest BCUT2D eigenvalue weighted by Gasteiger charge is -2.40. The number of anilines is 1. The smallest absolute Gasteiger partial charge is 0.254 e. The van der Waals surface area contributed by atoms with Crippen LogP contribution in [-0.2, 0) is 4.79 Å². The van der Waals surface area contributed by atoms with Crippen LogP contribution in [0.2, 0.25) is 0 Å². The summed E-state index contributed by atoms with van der Waals surface area (Å²) in [6.45, 7) is 17.1. The number of allylic oxidation sites excluding steroid dienone is 1. The van der Waals surface area contributed by atoms with Gasteiger partial charge in [-0.2, -0.15) is 0 Å². The van der Waals surface area contributed by atoms with Gasteiger partial charge >= 0.3 is 0 Å². The maximum Gasteiger partial charge on any atom is 0.254 e. The molecule has 0 saturated carbocycles.